The molecule has 0 aliphatic carbocycles. The number of aromatic nitrogens is 3. The van der Waals surface area contributed by atoms with Gasteiger partial charge in [-0.2, -0.15) is 0 Å². The van der Waals surface area contributed by atoms with Crippen molar-refractivity contribution >= 4 is 11.1 Å². The number of H-pyrrole nitrogens is 2. The van der Waals surface area contributed by atoms with Crippen LogP contribution in [0.2, 0.25) is 0 Å². The Labute approximate surface area is 108 Å². The van der Waals surface area contributed by atoms with Gasteiger partial charge in [-0.05, 0) is 25.1 Å². The Balaban J connectivity index is 2.10. The van der Waals surface area contributed by atoms with E-state index in [9.17, 15) is 4.79 Å². The molecular formula is C13H13N3O3. The summed E-state index contributed by atoms with van der Waals surface area (Å²) >= 11 is 0. The molecule has 3 rings (SSSR count). The van der Waals surface area contributed by atoms with Crippen LogP contribution in [0.1, 0.15) is 11.5 Å². The first-order valence-electron chi connectivity index (χ1n) is 5.97. The fourth-order valence-electron chi connectivity index (χ4n) is 2.13. The lowest BCUT2D eigenvalue weighted by atomic mass is 10.1. The number of nitrogens with zero attached hydrogens (tertiary/aromatic N) is 1. The van der Waals surface area contributed by atoms with Crippen molar-refractivity contribution in [3.8, 4) is 11.3 Å². The number of nitrogens with one attached hydrogen (secondary N) is 2. The van der Waals surface area contributed by atoms with Gasteiger partial charge in [0.2, 0.25) is 0 Å². The fourth-order valence-corrected chi connectivity index (χ4v) is 2.13. The monoisotopic (exact) mass is 259 g/mol. The number of rotatable bonds is 3. The van der Waals surface area contributed by atoms with Crippen molar-refractivity contribution in [2.75, 3.05) is 6.61 Å². The lowest BCUT2D eigenvalue weighted by molar-refractivity contribution is 0.297. The second-order valence-corrected chi connectivity index (χ2v) is 4.36. The minimum absolute atomic E-state index is 0.0560. The number of hydrogen-bond donors (Lipinski definition) is 3. The predicted molar refractivity (Wildman–Crippen MR) is 69.9 cm³/mol. The van der Waals surface area contributed by atoms with Crippen LogP contribution in [-0.2, 0) is 6.42 Å². The minimum atomic E-state index is -0.466. The summed E-state index contributed by atoms with van der Waals surface area (Å²) in [6, 6.07) is 5.42. The number of aromatic amines is 2. The Morgan fingerprint density at radius 1 is 1.37 bits per heavy atom. The molecule has 0 spiro atoms. The third-order valence-corrected chi connectivity index (χ3v) is 2.97. The Hall–Kier alpha value is -2.34. The molecule has 6 nitrogen and oxygen atoms in total. The third kappa shape index (κ3) is 2.06. The first kappa shape index (κ1) is 11.7. The zero-order chi connectivity index (χ0) is 13.4. The molecule has 19 heavy (non-hydrogen) atoms. The van der Waals surface area contributed by atoms with Crippen molar-refractivity contribution in [1.29, 1.82) is 0 Å². The van der Waals surface area contributed by atoms with E-state index in [0.29, 0.717) is 17.5 Å². The molecule has 0 aliphatic rings. The number of hydrogen-bond acceptors (Lipinski definition) is 4. The van der Waals surface area contributed by atoms with Crippen LogP contribution in [0, 0.1) is 6.92 Å². The smallest absolute Gasteiger partial charge is 0.408 e. The van der Waals surface area contributed by atoms with Gasteiger partial charge in [-0.3, -0.25) is 4.98 Å². The van der Waals surface area contributed by atoms with E-state index >= 15 is 0 Å². The summed E-state index contributed by atoms with van der Waals surface area (Å²) in [4.78, 5) is 21.3. The summed E-state index contributed by atoms with van der Waals surface area (Å²) in [6.45, 7) is 1.98. The topological polar surface area (TPSA) is 94.9 Å². The molecule has 6 heteroatoms. The highest BCUT2D eigenvalue weighted by atomic mass is 16.4. The fraction of sp³-hybridized carbons (Fsp3) is 0.231. The van der Waals surface area contributed by atoms with Gasteiger partial charge in [-0.15, -0.1) is 0 Å². The van der Waals surface area contributed by atoms with Crippen LogP contribution in [0.4, 0.5) is 0 Å². The van der Waals surface area contributed by atoms with E-state index in [4.69, 9.17) is 9.52 Å². The molecule has 0 radical (unpaired) electrons. The number of aliphatic hydroxyl groups is 1. The van der Waals surface area contributed by atoms with Gasteiger partial charge in [0.05, 0.1) is 17.8 Å². The van der Waals surface area contributed by atoms with E-state index in [1.54, 1.807) is 6.07 Å². The molecule has 0 unspecified atom stereocenters. The Morgan fingerprint density at radius 2 is 2.21 bits per heavy atom. The van der Waals surface area contributed by atoms with E-state index in [1.165, 1.54) is 0 Å². The van der Waals surface area contributed by atoms with Crippen LogP contribution in [-0.4, -0.2) is 26.7 Å². The van der Waals surface area contributed by atoms with Crippen LogP contribution in [0.15, 0.2) is 27.4 Å². The van der Waals surface area contributed by atoms with Crippen molar-refractivity contribution < 1.29 is 9.52 Å². The summed E-state index contributed by atoms with van der Waals surface area (Å²) in [6.07, 6.45) is 0.492. The number of imidazole rings is 1. The summed E-state index contributed by atoms with van der Waals surface area (Å²) in [5, 5.41) is 8.92. The molecule has 0 saturated carbocycles. The first-order chi connectivity index (χ1) is 9.17. The molecule has 0 saturated heterocycles. The number of aliphatic hydroxyl groups excluding tert-OH is 1. The molecule has 0 atom stereocenters. The number of aryl methyl sites for hydroxylation is 1. The zero-order valence-corrected chi connectivity index (χ0v) is 10.4. The van der Waals surface area contributed by atoms with Crippen molar-refractivity contribution in [3.05, 3.63) is 40.3 Å². The largest absolute Gasteiger partial charge is 0.417 e. The first-order valence-corrected chi connectivity index (χ1v) is 5.97. The number of oxazole rings is 1. The molecular weight excluding hydrogens is 246 g/mol. The van der Waals surface area contributed by atoms with E-state index in [-0.39, 0.29) is 6.61 Å². The minimum Gasteiger partial charge on any atom is -0.408 e. The van der Waals surface area contributed by atoms with Gasteiger partial charge in [0, 0.05) is 17.7 Å². The van der Waals surface area contributed by atoms with Crippen LogP contribution in [0.5, 0.6) is 0 Å². The van der Waals surface area contributed by atoms with E-state index in [2.05, 4.69) is 15.0 Å². The maximum Gasteiger partial charge on any atom is 0.417 e. The highest BCUT2D eigenvalue weighted by Gasteiger charge is 2.10. The molecule has 0 fully saturated rings. The lowest BCUT2D eigenvalue weighted by Gasteiger charge is -1.97. The molecule has 3 aromatic rings. The van der Waals surface area contributed by atoms with Crippen LogP contribution >= 0.6 is 0 Å². The summed E-state index contributed by atoms with van der Waals surface area (Å²) < 4.78 is 4.96. The normalized spacial score (nSPS) is 11.3. The van der Waals surface area contributed by atoms with Crippen LogP contribution in [0.25, 0.3) is 22.4 Å². The molecule has 1 aromatic carbocycles. The van der Waals surface area contributed by atoms with Crippen LogP contribution < -0.4 is 5.76 Å². The highest BCUT2D eigenvalue weighted by Crippen LogP contribution is 2.24. The second-order valence-electron chi connectivity index (χ2n) is 4.36. The summed E-state index contributed by atoms with van der Waals surface area (Å²) in [7, 11) is 0. The summed E-state index contributed by atoms with van der Waals surface area (Å²) in [5.41, 5.74) is 3.80. The highest BCUT2D eigenvalue weighted by molar-refractivity contribution is 5.79. The van der Waals surface area contributed by atoms with E-state index < -0.39 is 5.76 Å². The molecule has 2 heterocycles. The SMILES string of the molecule is Cc1[nH]c(CCO)nc1-c1ccc2oc(=O)[nH]c2c1. The average molecular weight is 259 g/mol. The van der Waals surface area contributed by atoms with Gasteiger partial charge in [-0.25, -0.2) is 9.78 Å². The number of fused-ring (bicyclic) bond motifs is 1. The van der Waals surface area contributed by atoms with Gasteiger partial charge in [-0.1, -0.05) is 0 Å². The van der Waals surface area contributed by atoms with E-state index in [0.717, 1.165) is 22.8 Å². The van der Waals surface area contributed by atoms with Gasteiger partial charge < -0.3 is 14.5 Å². The third-order valence-electron chi connectivity index (χ3n) is 2.97. The van der Waals surface area contributed by atoms with Gasteiger partial charge >= 0.3 is 5.76 Å². The quantitative estimate of drug-likeness (QED) is 0.661. The Kier molecular flexibility index (Phi) is 2.72. The Morgan fingerprint density at radius 3 is 3.00 bits per heavy atom. The molecule has 3 N–H and O–H groups in total. The molecule has 0 bridgehead atoms. The average Bonchev–Trinajstić information content (AvgIpc) is 2.90. The lowest BCUT2D eigenvalue weighted by Crippen LogP contribution is -1.93. The van der Waals surface area contributed by atoms with Gasteiger partial charge in [0.25, 0.3) is 0 Å². The van der Waals surface area contributed by atoms with Crippen molar-refractivity contribution in [2.24, 2.45) is 0 Å². The van der Waals surface area contributed by atoms with Crippen LogP contribution in [0.3, 0.4) is 0 Å². The predicted octanol–water partition coefficient (Wildman–Crippen LogP) is 1.35. The molecule has 0 aliphatic heterocycles. The van der Waals surface area contributed by atoms with Gasteiger partial charge in [0.1, 0.15) is 5.82 Å². The summed E-state index contributed by atoms with van der Waals surface area (Å²) in [5.74, 6) is 0.280. The molecule has 0 amide bonds. The van der Waals surface area contributed by atoms with Crippen molar-refractivity contribution in [2.45, 2.75) is 13.3 Å². The zero-order valence-electron chi connectivity index (χ0n) is 10.4. The molecule has 2 aromatic heterocycles. The second kappa shape index (κ2) is 4.40. The van der Waals surface area contributed by atoms with Crippen molar-refractivity contribution in [1.82, 2.24) is 15.0 Å². The van der Waals surface area contributed by atoms with Gasteiger partial charge in [0.15, 0.2) is 5.58 Å². The van der Waals surface area contributed by atoms with E-state index in [1.807, 2.05) is 19.1 Å². The molecule has 98 valence electrons. The Bertz CT molecular complexity index is 782. The standard InChI is InChI=1S/C13H13N3O3/c1-7-12(16-11(14-7)4-5-17)8-2-3-10-9(6-8)15-13(18)19-10/h2-3,6,17H,4-5H2,1H3,(H,14,16)(H,15,18). The maximum atomic E-state index is 11.1. The maximum absolute atomic E-state index is 11.1. The van der Waals surface area contributed by atoms with Crippen molar-refractivity contribution in [3.63, 3.8) is 0 Å². The number of benzene rings is 1.